The highest BCUT2D eigenvalue weighted by molar-refractivity contribution is 5.94. The number of likely N-dealkylation sites (tertiary alicyclic amines) is 1. The number of morpholine rings is 1. The molecule has 35 heavy (non-hydrogen) atoms. The third-order valence-corrected chi connectivity index (χ3v) is 6.78. The van der Waals surface area contributed by atoms with Crippen LogP contribution in [0.4, 0.5) is 5.69 Å². The van der Waals surface area contributed by atoms with Crippen molar-refractivity contribution in [3.05, 3.63) is 59.2 Å². The summed E-state index contributed by atoms with van der Waals surface area (Å²) in [5, 5.41) is 9.13. The van der Waals surface area contributed by atoms with Crippen LogP contribution in [0.2, 0.25) is 0 Å². The van der Waals surface area contributed by atoms with E-state index < -0.39 is 0 Å². The summed E-state index contributed by atoms with van der Waals surface area (Å²) < 4.78 is 17.8. The highest BCUT2D eigenvalue weighted by Gasteiger charge is 2.44. The third-order valence-electron chi connectivity index (χ3n) is 6.78. The number of nitriles is 1. The monoisotopic (exact) mass is 477 g/mol. The second-order valence-electron chi connectivity index (χ2n) is 9.86. The number of rotatable bonds is 6. The first-order chi connectivity index (χ1) is 16.8. The summed E-state index contributed by atoms with van der Waals surface area (Å²) in [5.41, 5.74) is 3.04. The van der Waals surface area contributed by atoms with Crippen LogP contribution in [-0.2, 0) is 9.47 Å². The van der Waals surface area contributed by atoms with Gasteiger partial charge in [0.25, 0.3) is 5.91 Å². The molecule has 4 rings (SSSR count). The lowest BCUT2D eigenvalue weighted by atomic mass is 9.88. The predicted molar refractivity (Wildman–Crippen MR) is 135 cm³/mol. The van der Waals surface area contributed by atoms with Crippen LogP contribution < -0.4 is 9.64 Å². The topological polar surface area (TPSA) is 75.0 Å². The second kappa shape index (κ2) is 10.7. The van der Waals surface area contributed by atoms with Gasteiger partial charge in [0, 0.05) is 44.5 Å². The molecule has 2 aromatic rings. The molecule has 2 aliphatic rings. The van der Waals surface area contributed by atoms with Gasteiger partial charge in [-0.05, 0) is 81.6 Å². The normalized spacial score (nSPS) is 19.6. The summed E-state index contributed by atoms with van der Waals surface area (Å²) in [6.45, 7) is 9.25. The quantitative estimate of drug-likeness (QED) is 0.621. The zero-order valence-electron chi connectivity index (χ0n) is 21.1. The highest BCUT2D eigenvalue weighted by atomic mass is 16.5. The van der Waals surface area contributed by atoms with E-state index in [1.165, 1.54) is 0 Å². The van der Waals surface area contributed by atoms with Crippen molar-refractivity contribution in [2.45, 2.75) is 51.4 Å². The molecule has 1 spiro atoms. The molecule has 0 saturated carbocycles. The van der Waals surface area contributed by atoms with Gasteiger partial charge in [-0.15, -0.1) is 0 Å². The highest BCUT2D eigenvalue weighted by Crippen LogP contribution is 2.35. The average molecular weight is 478 g/mol. The summed E-state index contributed by atoms with van der Waals surface area (Å²) in [4.78, 5) is 17.5. The Morgan fingerprint density at radius 3 is 2.51 bits per heavy atom. The van der Waals surface area contributed by atoms with E-state index >= 15 is 0 Å². The minimum Gasteiger partial charge on any atom is -0.491 e. The minimum atomic E-state index is -0.336. The molecular weight excluding hydrogens is 442 g/mol. The Balaban J connectivity index is 1.45. The number of hydrogen-bond acceptors (Lipinski definition) is 6. The van der Waals surface area contributed by atoms with Gasteiger partial charge in [-0.1, -0.05) is 0 Å². The van der Waals surface area contributed by atoms with Crippen molar-refractivity contribution in [3.8, 4) is 11.8 Å². The molecule has 2 fully saturated rings. The zero-order valence-corrected chi connectivity index (χ0v) is 21.1. The first kappa shape index (κ1) is 25.0. The molecule has 2 saturated heterocycles. The maximum Gasteiger partial charge on any atom is 0.253 e. The van der Waals surface area contributed by atoms with Crippen LogP contribution in [0.25, 0.3) is 0 Å². The van der Waals surface area contributed by atoms with E-state index in [4.69, 9.17) is 19.5 Å². The maximum absolute atomic E-state index is 13.3. The Morgan fingerprint density at radius 2 is 1.91 bits per heavy atom. The largest absolute Gasteiger partial charge is 0.491 e. The molecule has 2 aromatic carbocycles. The molecule has 1 atom stereocenters. The fourth-order valence-corrected chi connectivity index (χ4v) is 5.05. The van der Waals surface area contributed by atoms with Crippen molar-refractivity contribution in [1.82, 2.24) is 4.90 Å². The number of hydrogen-bond donors (Lipinski definition) is 0. The zero-order chi connectivity index (χ0) is 25.0. The Hall–Kier alpha value is -3.08. The Kier molecular flexibility index (Phi) is 7.63. The maximum atomic E-state index is 13.3. The molecule has 7 heteroatoms. The molecule has 7 nitrogen and oxygen atoms in total. The van der Waals surface area contributed by atoms with Crippen LogP contribution in [0, 0.1) is 18.3 Å². The number of nitrogens with zero attached hydrogens (tertiary/aromatic N) is 3. The van der Waals surface area contributed by atoms with E-state index in [1.807, 2.05) is 68.1 Å². The lowest BCUT2D eigenvalue weighted by Gasteiger charge is -2.50. The number of amides is 1. The predicted octanol–water partition coefficient (Wildman–Crippen LogP) is 4.18. The van der Waals surface area contributed by atoms with E-state index in [2.05, 4.69) is 11.0 Å². The summed E-state index contributed by atoms with van der Waals surface area (Å²) >= 11 is 0. The molecule has 186 valence electrons. The Bertz CT molecular complexity index is 1070. The second-order valence-corrected chi connectivity index (χ2v) is 9.86. The molecule has 0 aromatic heterocycles. The van der Waals surface area contributed by atoms with Crippen molar-refractivity contribution in [1.29, 1.82) is 5.26 Å². The standard InChI is InChI=1S/C28H35N3O4/c1-20(2)34-26-10-7-23(15-21(26)3)27(32)30-13-11-28(12-14-30)19-31(17-25(35-28)18-33-4)24-8-5-22(16-29)6-9-24/h5-10,15,20,25H,11-14,17-19H2,1-4H3. The number of methoxy groups -OCH3 is 1. The van der Waals surface area contributed by atoms with Gasteiger partial charge in [-0.25, -0.2) is 0 Å². The first-order valence-corrected chi connectivity index (χ1v) is 12.3. The fourth-order valence-electron chi connectivity index (χ4n) is 5.05. The average Bonchev–Trinajstić information content (AvgIpc) is 2.85. The molecule has 1 amide bonds. The van der Waals surface area contributed by atoms with Crippen molar-refractivity contribution >= 4 is 11.6 Å². The molecule has 0 bridgehead atoms. The molecule has 2 aliphatic heterocycles. The van der Waals surface area contributed by atoms with Gasteiger partial charge < -0.3 is 24.0 Å². The number of aryl methyl sites for hydroxylation is 1. The number of anilines is 1. The van der Waals surface area contributed by atoms with Gasteiger partial charge in [-0.2, -0.15) is 5.26 Å². The van der Waals surface area contributed by atoms with Gasteiger partial charge >= 0.3 is 0 Å². The van der Waals surface area contributed by atoms with Crippen LogP contribution >= 0.6 is 0 Å². The number of piperidine rings is 1. The summed E-state index contributed by atoms with van der Waals surface area (Å²) in [7, 11) is 1.69. The third kappa shape index (κ3) is 5.77. The molecule has 0 radical (unpaired) electrons. The molecule has 1 unspecified atom stereocenters. The van der Waals surface area contributed by atoms with E-state index in [-0.39, 0.29) is 23.7 Å². The number of carbonyl (C=O) groups excluding carboxylic acids is 1. The molecule has 2 heterocycles. The molecule has 0 N–H and O–H groups in total. The minimum absolute atomic E-state index is 0.0484. The van der Waals surface area contributed by atoms with Gasteiger partial charge in [0.05, 0.1) is 36.0 Å². The van der Waals surface area contributed by atoms with Crippen molar-refractivity contribution in [2.24, 2.45) is 0 Å². The summed E-state index contributed by atoms with van der Waals surface area (Å²) in [6, 6.07) is 15.5. The van der Waals surface area contributed by atoms with Gasteiger partial charge in [0.2, 0.25) is 0 Å². The molecular formula is C28H35N3O4. The van der Waals surface area contributed by atoms with Crippen LogP contribution in [0.3, 0.4) is 0 Å². The van der Waals surface area contributed by atoms with Crippen LogP contribution in [0.15, 0.2) is 42.5 Å². The van der Waals surface area contributed by atoms with E-state index in [1.54, 1.807) is 7.11 Å². The number of ether oxygens (including phenoxy) is 3. The Labute approximate surface area is 208 Å². The van der Waals surface area contributed by atoms with Gasteiger partial charge in [-0.3, -0.25) is 4.79 Å². The summed E-state index contributed by atoms with van der Waals surface area (Å²) in [5.74, 6) is 0.865. The van der Waals surface area contributed by atoms with Gasteiger partial charge in [0.15, 0.2) is 0 Å². The van der Waals surface area contributed by atoms with Crippen LogP contribution in [0.1, 0.15) is 48.2 Å². The molecule has 0 aliphatic carbocycles. The lowest BCUT2D eigenvalue weighted by Crippen LogP contribution is -2.61. The van der Waals surface area contributed by atoms with E-state index in [0.29, 0.717) is 30.8 Å². The van der Waals surface area contributed by atoms with E-state index in [9.17, 15) is 4.79 Å². The fraction of sp³-hybridized carbons (Fsp3) is 0.500. The van der Waals surface area contributed by atoms with E-state index in [0.717, 1.165) is 42.9 Å². The van der Waals surface area contributed by atoms with Gasteiger partial charge in [0.1, 0.15) is 5.75 Å². The van der Waals surface area contributed by atoms with Crippen molar-refractivity contribution < 1.29 is 19.0 Å². The SMILES string of the molecule is COCC1CN(c2ccc(C#N)cc2)CC2(CCN(C(=O)c3ccc(OC(C)C)c(C)c3)CC2)O1. The smallest absolute Gasteiger partial charge is 0.253 e. The Morgan fingerprint density at radius 1 is 1.20 bits per heavy atom. The summed E-state index contributed by atoms with van der Waals surface area (Å²) in [6.07, 6.45) is 1.57. The van der Waals surface area contributed by atoms with Crippen molar-refractivity contribution in [3.63, 3.8) is 0 Å². The number of carbonyl (C=O) groups is 1. The van der Waals surface area contributed by atoms with Crippen LogP contribution in [-0.4, -0.2) is 68.5 Å². The van der Waals surface area contributed by atoms with Crippen molar-refractivity contribution in [2.75, 3.05) is 44.8 Å². The van der Waals surface area contributed by atoms with Crippen LogP contribution in [0.5, 0.6) is 5.75 Å². The number of benzene rings is 2. The lowest BCUT2D eigenvalue weighted by molar-refractivity contribution is -0.145. The first-order valence-electron chi connectivity index (χ1n) is 12.3.